The third-order valence-corrected chi connectivity index (χ3v) is 7.33. The number of hydrogen-bond donors (Lipinski definition) is 4. The van der Waals surface area contributed by atoms with E-state index in [9.17, 15) is 18.3 Å². The maximum absolute atomic E-state index is 13.1. The molecule has 4 rings (SSSR count). The molecule has 1 aromatic carbocycles. The molecule has 1 aromatic rings. The summed E-state index contributed by atoms with van der Waals surface area (Å²) in [5, 5.41) is 22.3. The highest BCUT2D eigenvalue weighted by molar-refractivity contribution is 6.05. The Morgan fingerprint density at radius 2 is 1.88 bits per heavy atom. The van der Waals surface area contributed by atoms with E-state index < -0.39 is 23.9 Å². The Balaban J connectivity index is 1.45. The zero-order chi connectivity index (χ0) is 23.2. The first-order chi connectivity index (χ1) is 15.0. The van der Waals surface area contributed by atoms with Gasteiger partial charge >= 0.3 is 6.18 Å². The SMILES string of the molecule is CC1CC(c2ccc(C(=N)C(O)NC3CC4CCC(C3)N4C)c(N)c2)=CC=C1C(F)(F)F. The number of halogens is 3. The monoisotopic (exact) mass is 448 g/mol. The summed E-state index contributed by atoms with van der Waals surface area (Å²) in [7, 11) is 2.15. The Hall–Kier alpha value is -2.16. The van der Waals surface area contributed by atoms with E-state index in [0.29, 0.717) is 23.3 Å². The standard InChI is InChI=1S/C24H31F3N4O/c1-13-9-14(4-8-20(13)24(25,26)27)15-3-7-19(21(28)10-15)22(29)23(32)30-16-11-17-5-6-18(12-16)31(17)2/h3-4,7-8,10,13,16-18,23,29-30,32H,5-6,9,11-12,28H2,1-2H3. The summed E-state index contributed by atoms with van der Waals surface area (Å²) in [5.74, 6) is -0.634. The van der Waals surface area contributed by atoms with Gasteiger partial charge in [0.05, 0.1) is 5.71 Å². The summed E-state index contributed by atoms with van der Waals surface area (Å²) < 4.78 is 39.2. The lowest BCUT2D eigenvalue weighted by Crippen LogP contribution is -2.51. The van der Waals surface area contributed by atoms with Crippen LogP contribution >= 0.6 is 0 Å². The van der Waals surface area contributed by atoms with Gasteiger partial charge in [0.15, 0.2) is 0 Å². The molecule has 0 saturated carbocycles. The zero-order valence-corrected chi connectivity index (χ0v) is 18.4. The van der Waals surface area contributed by atoms with E-state index in [-0.39, 0.29) is 18.2 Å². The molecule has 8 heteroatoms. The highest BCUT2D eigenvalue weighted by Gasteiger charge is 2.39. The smallest absolute Gasteiger partial charge is 0.398 e. The van der Waals surface area contributed by atoms with Gasteiger partial charge < -0.3 is 21.1 Å². The average Bonchev–Trinajstić information content (AvgIpc) is 2.93. The van der Waals surface area contributed by atoms with Crippen molar-refractivity contribution in [2.45, 2.75) is 69.6 Å². The lowest BCUT2D eigenvalue weighted by Gasteiger charge is -2.37. The average molecular weight is 449 g/mol. The van der Waals surface area contributed by atoms with Crippen molar-refractivity contribution in [1.29, 1.82) is 5.41 Å². The zero-order valence-electron chi connectivity index (χ0n) is 18.4. The van der Waals surface area contributed by atoms with Gasteiger partial charge in [0.2, 0.25) is 0 Å². The van der Waals surface area contributed by atoms with Crippen molar-refractivity contribution in [2.75, 3.05) is 12.8 Å². The Kier molecular flexibility index (Phi) is 6.22. The number of nitrogens with zero attached hydrogens (tertiary/aromatic N) is 1. The van der Waals surface area contributed by atoms with Crippen LogP contribution in [-0.4, -0.2) is 53.3 Å². The molecule has 5 N–H and O–H groups in total. The lowest BCUT2D eigenvalue weighted by molar-refractivity contribution is -0.0983. The number of rotatable bonds is 5. The van der Waals surface area contributed by atoms with Gasteiger partial charge in [-0.3, -0.25) is 5.32 Å². The van der Waals surface area contributed by atoms with Gasteiger partial charge in [-0.05, 0) is 62.3 Å². The minimum Gasteiger partial charge on any atom is -0.398 e. The molecule has 1 aliphatic carbocycles. The molecule has 4 unspecified atom stereocenters. The number of nitrogens with one attached hydrogen (secondary N) is 2. The number of nitrogen functional groups attached to an aromatic ring is 1. The van der Waals surface area contributed by atoms with Crippen LogP contribution < -0.4 is 11.1 Å². The van der Waals surface area contributed by atoms with Crippen LogP contribution in [0.4, 0.5) is 18.9 Å². The quantitative estimate of drug-likeness (QED) is 0.311. The molecule has 0 aromatic heterocycles. The van der Waals surface area contributed by atoms with Gasteiger partial charge in [-0.2, -0.15) is 13.2 Å². The molecule has 0 amide bonds. The van der Waals surface area contributed by atoms with Gasteiger partial charge in [0, 0.05) is 34.9 Å². The van der Waals surface area contributed by atoms with E-state index in [1.54, 1.807) is 25.1 Å². The Morgan fingerprint density at radius 1 is 1.22 bits per heavy atom. The number of aliphatic hydroxyl groups is 1. The molecular formula is C24H31F3N4O. The van der Waals surface area contributed by atoms with Gasteiger partial charge in [0.25, 0.3) is 0 Å². The lowest BCUT2D eigenvalue weighted by atomic mass is 9.85. The molecule has 174 valence electrons. The molecule has 3 aliphatic rings. The maximum atomic E-state index is 13.1. The van der Waals surface area contributed by atoms with Crippen molar-refractivity contribution in [1.82, 2.24) is 10.2 Å². The molecule has 2 bridgehead atoms. The van der Waals surface area contributed by atoms with Crippen molar-refractivity contribution in [3.8, 4) is 0 Å². The molecule has 2 fully saturated rings. The molecule has 2 heterocycles. The fourth-order valence-electron chi connectivity index (χ4n) is 5.46. The number of piperidine rings is 1. The number of allylic oxidation sites excluding steroid dienone is 4. The Labute approximate surface area is 186 Å². The second kappa shape index (κ2) is 8.65. The maximum Gasteiger partial charge on any atom is 0.412 e. The predicted molar refractivity (Wildman–Crippen MR) is 120 cm³/mol. The second-order valence-corrected chi connectivity index (χ2v) is 9.42. The normalized spacial score (nSPS) is 29.4. The van der Waals surface area contributed by atoms with E-state index in [1.165, 1.54) is 18.9 Å². The van der Waals surface area contributed by atoms with E-state index in [1.807, 2.05) is 0 Å². The molecule has 2 aliphatic heterocycles. The number of benzene rings is 1. The highest BCUT2D eigenvalue weighted by Crippen LogP contribution is 2.40. The largest absolute Gasteiger partial charge is 0.412 e. The summed E-state index contributed by atoms with van der Waals surface area (Å²) in [6, 6.07) is 6.31. The van der Waals surface area contributed by atoms with Crippen LogP contribution in [0.25, 0.3) is 5.57 Å². The summed E-state index contributed by atoms with van der Waals surface area (Å²) in [6.07, 6.45) is 1.70. The molecule has 4 atom stereocenters. The minimum atomic E-state index is -4.32. The van der Waals surface area contributed by atoms with E-state index in [2.05, 4.69) is 17.3 Å². The third kappa shape index (κ3) is 4.49. The minimum absolute atomic E-state index is 0.00516. The summed E-state index contributed by atoms with van der Waals surface area (Å²) in [6.45, 7) is 1.57. The number of alkyl halides is 3. The van der Waals surface area contributed by atoms with E-state index in [0.717, 1.165) is 30.1 Å². The molecule has 2 saturated heterocycles. The van der Waals surface area contributed by atoms with Crippen LogP contribution in [0, 0.1) is 11.3 Å². The molecule has 0 spiro atoms. The number of fused-ring (bicyclic) bond motifs is 2. The number of aliphatic hydroxyl groups excluding tert-OH is 1. The van der Waals surface area contributed by atoms with Gasteiger partial charge in [-0.1, -0.05) is 31.2 Å². The Morgan fingerprint density at radius 3 is 2.44 bits per heavy atom. The van der Waals surface area contributed by atoms with Crippen molar-refractivity contribution in [3.63, 3.8) is 0 Å². The third-order valence-electron chi connectivity index (χ3n) is 7.33. The number of hydrogen-bond acceptors (Lipinski definition) is 5. The van der Waals surface area contributed by atoms with Crippen LogP contribution in [0.1, 0.15) is 50.2 Å². The van der Waals surface area contributed by atoms with Crippen LogP contribution in [-0.2, 0) is 0 Å². The van der Waals surface area contributed by atoms with Crippen molar-refractivity contribution in [3.05, 3.63) is 47.1 Å². The number of nitrogens with two attached hydrogens (primary N) is 1. The van der Waals surface area contributed by atoms with E-state index >= 15 is 0 Å². The first-order valence-electron chi connectivity index (χ1n) is 11.2. The summed E-state index contributed by atoms with van der Waals surface area (Å²) >= 11 is 0. The van der Waals surface area contributed by atoms with Crippen molar-refractivity contribution in [2.24, 2.45) is 5.92 Å². The van der Waals surface area contributed by atoms with Gasteiger partial charge in [0.1, 0.15) is 6.23 Å². The van der Waals surface area contributed by atoms with Crippen LogP contribution in [0.2, 0.25) is 0 Å². The molecule has 5 nitrogen and oxygen atoms in total. The first-order valence-corrected chi connectivity index (χ1v) is 11.2. The van der Waals surface area contributed by atoms with Crippen molar-refractivity contribution < 1.29 is 18.3 Å². The summed E-state index contributed by atoms with van der Waals surface area (Å²) in [5.41, 5.74) is 7.94. The predicted octanol–water partition coefficient (Wildman–Crippen LogP) is 4.08. The molecular weight excluding hydrogens is 417 g/mol. The number of anilines is 1. The van der Waals surface area contributed by atoms with E-state index in [4.69, 9.17) is 11.1 Å². The molecule has 0 radical (unpaired) electrons. The molecule has 32 heavy (non-hydrogen) atoms. The first kappa shape index (κ1) is 23.0. The fraction of sp³-hybridized carbons (Fsp3) is 0.542. The Bertz CT molecular complexity index is 941. The van der Waals surface area contributed by atoms with Gasteiger partial charge in [-0.15, -0.1) is 0 Å². The van der Waals surface area contributed by atoms with Crippen LogP contribution in [0.5, 0.6) is 0 Å². The topological polar surface area (TPSA) is 85.4 Å². The highest BCUT2D eigenvalue weighted by atomic mass is 19.4. The van der Waals surface area contributed by atoms with Crippen molar-refractivity contribution >= 4 is 17.0 Å². The second-order valence-electron chi connectivity index (χ2n) is 9.42. The fourth-order valence-corrected chi connectivity index (χ4v) is 5.46. The van der Waals surface area contributed by atoms with Crippen LogP contribution in [0.15, 0.2) is 35.9 Å². The van der Waals surface area contributed by atoms with Crippen LogP contribution in [0.3, 0.4) is 0 Å². The van der Waals surface area contributed by atoms with Gasteiger partial charge in [-0.25, -0.2) is 0 Å². The summed E-state index contributed by atoms with van der Waals surface area (Å²) in [4.78, 5) is 2.42.